The van der Waals surface area contributed by atoms with E-state index in [0.29, 0.717) is 30.4 Å². The smallest absolute Gasteiger partial charge is 0.243 e. The predicted octanol–water partition coefficient (Wildman–Crippen LogP) is 2.03. The maximum Gasteiger partial charge on any atom is 0.243 e. The molecule has 0 bridgehead atoms. The first-order valence-corrected chi connectivity index (χ1v) is 8.31. The summed E-state index contributed by atoms with van der Waals surface area (Å²) < 4.78 is 26.7. The first kappa shape index (κ1) is 17.4. The van der Waals surface area contributed by atoms with Gasteiger partial charge in [0.15, 0.2) is 0 Å². The summed E-state index contributed by atoms with van der Waals surface area (Å²) in [6.45, 7) is 3.85. The number of nitrogens with zero attached hydrogens (tertiary/aromatic N) is 1. The molecule has 0 aliphatic carbocycles. The summed E-state index contributed by atoms with van der Waals surface area (Å²) in [5.74, 6) is 0.466. The van der Waals surface area contributed by atoms with Gasteiger partial charge in [0.2, 0.25) is 10.0 Å². The van der Waals surface area contributed by atoms with E-state index in [1.807, 2.05) is 19.1 Å². The number of benzene rings is 1. The maximum atomic E-state index is 12.5. The minimum Gasteiger partial charge on any atom is -0.330 e. The Bertz CT molecular complexity index is 526. The van der Waals surface area contributed by atoms with Gasteiger partial charge in [0, 0.05) is 13.1 Å². The monoisotopic (exact) mass is 318 g/mol. The Balaban J connectivity index is 0.00000200. The third kappa shape index (κ3) is 3.73. The number of nitrogens with two attached hydrogens (primary N) is 1. The number of hydrogen-bond acceptors (Lipinski definition) is 3. The Morgan fingerprint density at radius 1 is 1.30 bits per heavy atom. The summed E-state index contributed by atoms with van der Waals surface area (Å²) in [7, 11) is -3.33. The second-order valence-electron chi connectivity index (χ2n) is 5.08. The fourth-order valence-electron chi connectivity index (χ4n) is 2.46. The van der Waals surface area contributed by atoms with Crippen LogP contribution in [0.4, 0.5) is 0 Å². The molecule has 1 saturated heterocycles. The predicted molar refractivity (Wildman–Crippen MR) is 83.6 cm³/mol. The number of sulfonamides is 1. The number of halogens is 1. The Morgan fingerprint density at radius 2 is 1.95 bits per heavy atom. The van der Waals surface area contributed by atoms with Crippen molar-refractivity contribution in [1.29, 1.82) is 0 Å². The molecule has 1 aliphatic rings. The van der Waals surface area contributed by atoms with Crippen LogP contribution in [0.2, 0.25) is 0 Å². The molecule has 1 heterocycles. The third-order valence-electron chi connectivity index (χ3n) is 3.85. The van der Waals surface area contributed by atoms with Gasteiger partial charge in [-0.25, -0.2) is 8.42 Å². The van der Waals surface area contributed by atoms with Crippen LogP contribution < -0.4 is 5.73 Å². The van der Waals surface area contributed by atoms with Crippen molar-refractivity contribution in [2.24, 2.45) is 11.7 Å². The highest BCUT2D eigenvalue weighted by atomic mass is 35.5. The molecule has 4 nitrogen and oxygen atoms in total. The van der Waals surface area contributed by atoms with Gasteiger partial charge in [0.05, 0.1) is 4.90 Å². The Labute approximate surface area is 127 Å². The first-order chi connectivity index (χ1) is 9.07. The van der Waals surface area contributed by atoms with Crippen molar-refractivity contribution in [2.75, 3.05) is 19.6 Å². The quantitative estimate of drug-likeness (QED) is 0.924. The number of aryl methyl sites for hydroxylation is 1. The zero-order valence-corrected chi connectivity index (χ0v) is 13.4. The summed E-state index contributed by atoms with van der Waals surface area (Å²) in [6.07, 6.45) is 2.57. The van der Waals surface area contributed by atoms with E-state index in [4.69, 9.17) is 5.73 Å². The van der Waals surface area contributed by atoms with E-state index in [1.165, 1.54) is 0 Å². The highest BCUT2D eigenvalue weighted by Gasteiger charge is 2.28. The van der Waals surface area contributed by atoms with Gasteiger partial charge >= 0.3 is 0 Å². The van der Waals surface area contributed by atoms with Crippen LogP contribution in [0.3, 0.4) is 0 Å². The molecular weight excluding hydrogens is 296 g/mol. The van der Waals surface area contributed by atoms with Crippen molar-refractivity contribution < 1.29 is 8.42 Å². The van der Waals surface area contributed by atoms with Crippen LogP contribution in [-0.2, 0) is 16.4 Å². The lowest BCUT2D eigenvalue weighted by Gasteiger charge is -2.30. The fourth-order valence-corrected chi connectivity index (χ4v) is 4.00. The van der Waals surface area contributed by atoms with E-state index in [1.54, 1.807) is 16.4 Å². The molecule has 0 spiro atoms. The molecule has 0 saturated carbocycles. The minimum atomic E-state index is -3.33. The molecule has 2 N–H and O–H groups in total. The summed E-state index contributed by atoms with van der Waals surface area (Å²) in [6, 6.07) is 7.24. The fraction of sp³-hybridized carbons (Fsp3) is 0.571. The number of hydrogen-bond donors (Lipinski definition) is 1. The van der Waals surface area contributed by atoms with Crippen molar-refractivity contribution in [3.63, 3.8) is 0 Å². The average molecular weight is 319 g/mol. The van der Waals surface area contributed by atoms with E-state index in [9.17, 15) is 8.42 Å². The van der Waals surface area contributed by atoms with Gasteiger partial charge in [-0.05, 0) is 49.4 Å². The lowest BCUT2D eigenvalue weighted by molar-refractivity contribution is 0.278. The Morgan fingerprint density at radius 3 is 2.50 bits per heavy atom. The van der Waals surface area contributed by atoms with Gasteiger partial charge in [-0.3, -0.25) is 0 Å². The third-order valence-corrected chi connectivity index (χ3v) is 5.75. The van der Waals surface area contributed by atoms with Crippen molar-refractivity contribution >= 4 is 22.4 Å². The van der Waals surface area contributed by atoms with E-state index in [2.05, 4.69) is 0 Å². The van der Waals surface area contributed by atoms with Gasteiger partial charge in [-0.15, -0.1) is 12.4 Å². The molecule has 0 radical (unpaired) electrons. The molecule has 0 unspecified atom stereocenters. The first-order valence-electron chi connectivity index (χ1n) is 6.87. The van der Waals surface area contributed by atoms with Crippen LogP contribution in [0, 0.1) is 5.92 Å². The van der Waals surface area contributed by atoms with E-state index in [0.717, 1.165) is 24.8 Å². The van der Waals surface area contributed by atoms with E-state index >= 15 is 0 Å². The summed E-state index contributed by atoms with van der Waals surface area (Å²) >= 11 is 0. The van der Waals surface area contributed by atoms with Gasteiger partial charge < -0.3 is 5.73 Å². The molecule has 1 aromatic rings. The molecule has 2 rings (SSSR count). The molecule has 6 heteroatoms. The molecule has 0 aromatic heterocycles. The Kier molecular flexibility index (Phi) is 6.45. The molecule has 0 atom stereocenters. The summed E-state index contributed by atoms with van der Waals surface area (Å²) in [4.78, 5) is 0.415. The second kappa shape index (κ2) is 7.41. The highest BCUT2D eigenvalue weighted by Crippen LogP contribution is 2.23. The SMILES string of the molecule is CCc1cccc(S(=O)(=O)N2CCC(CN)CC2)c1.Cl. The van der Waals surface area contributed by atoms with Gasteiger partial charge in [0.25, 0.3) is 0 Å². The van der Waals surface area contributed by atoms with Crippen molar-refractivity contribution in [3.05, 3.63) is 29.8 Å². The minimum absolute atomic E-state index is 0. The lowest BCUT2D eigenvalue weighted by Crippen LogP contribution is -2.40. The highest BCUT2D eigenvalue weighted by molar-refractivity contribution is 7.89. The topological polar surface area (TPSA) is 63.4 Å². The summed E-state index contributed by atoms with van der Waals surface area (Å²) in [5, 5.41) is 0. The summed E-state index contributed by atoms with van der Waals surface area (Å²) in [5.41, 5.74) is 6.69. The van der Waals surface area contributed by atoms with E-state index in [-0.39, 0.29) is 12.4 Å². The molecule has 1 fully saturated rings. The number of rotatable bonds is 4. The molecule has 20 heavy (non-hydrogen) atoms. The van der Waals surface area contributed by atoms with Crippen LogP contribution in [0.15, 0.2) is 29.2 Å². The molecule has 0 amide bonds. The van der Waals surface area contributed by atoms with Gasteiger partial charge in [0.1, 0.15) is 0 Å². The van der Waals surface area contributed by atoms with E-state index < -0.39 is 10.0 Å². The van der Waals surface area contributed by atoms with Crippen molar-refractivity contribution in [2.45, 2.75) is 31.1 Å². The molecule has 1 aliphatic heterocycles. The number of piperidine rings is 1. The van der Waals surface area contributed by atoms with Gasteiger partial charge in [-0.2, -0.15) is 4.31 Å². The maximum absolute atomic E-state index is 12.5. The van der Waals surface area contributed by atoms with Crippen LogP contribution in [0.5, 0.6) is 0 Å². The molecule has 114 valence electrons. The lowest BCUT2D eigenvalue weighted by atomic mass is 9.99. The van der Waals surface area contributed by atoms with Crippen molar-refractivity contribution in [3.8, 4) is 0 Å². The van der Waals surface area contributed by atoms with Crippen LogP contribution in [-0.4, -0.2) is 32.4 Å². The van der Waals surface area contributed by atoms with Crippen LogP contribution in [0.1, 0.15) is 25.3 Å². The second-order valence-corrected chi connectivity index (χ2v) is 7.02. The van der Waals surface area contributed by atoms with Crippen molar-refractivity contribution in [1.82, 2.24) is 4.31 Å². The van der Waals surface area contributed by atoms with Gasteiger partial charge in [-0.1, -0.05) is 19.1 Å². The average Bonchev–Trinajstić information content (AvgIpc) is 2.47. The van der Waals surface area contributed by atoms with Crippen LogP contribution in [0.25, 0.3) is 0 Å². The molecule has 1 aromatic carbocycles. The standard InChI is InChI=1S/C14H22N2O2S.ClH/c1-2-12-4-3-5-14(10-12)19(17,18)16-8-6-13(11-15)7-9-16;/h3-5,10,13H,2,6-9,11,15H2,1H3;1H. The Hall–Kier alpha value is -0.620. The molecular formula is C14H23ClN2O2S. The normalized spacial score (nSPS) is 17.7. The zero-order valence-electron chi connectivity index (χ0n) is 11.8. The zero-order chi connectivity index (χ0) is 13.9. The largest absolute Gasteiger partial charge is 0.330 e. The van der Waals surface area contributed by atoms with Crippen LogP contribution >= 0.6 is 12.4 Å².